The molecule has 0 heterocycles. The van der Waals surface area contributed by atoms with Crippen molar-refractivity contribution < 1.29 is 22.8 Å². The molecule has 0 aliphatic rings. The third kappa shape index (κ3) is 4.54. The summed E-state index contributed by atoms with van der Waals surface area (Å²) < 4.78 is 35.5. The predicted molar refractivity (Wildman–Crippen MR) is 76.5 cm³/mol. The highest BCUT2D eigenvalue weighted by molar-refractivity contribution is 7.55. The Labute approximate surface area is 126 Å². The molecular formula is C12H14Cl2FO4P. The molecule has 1 rings (SSSR count). The minimum Gasteiger partial charge on any atom is -0.309 e. The first-order valence-corrected chi connectivity index (χ1v) is 8.37. The topological polar surface area (TPSA) is 52.6 Å². The Hall–Kier alpha value is -0.450. The first kappa shape index (κ1) is 17.6. The molecule has 4 nitrogen and oxygen atoms in total. The summed E-state index contributed by atoms with van der Waals surface area (Å²) in [5, 5.41) is -0.336. The molecular weight excluding hydrogens is 329 g/mol. The molecule has 0 unspecified atom stereocenters. The molecule has 0 aliphatic carbocycles. The third-order valence-electron chi connectivity index (χ3n) is 2.30. The van der Waals surface area contributed by atoms with Crippen molar-refractivity contribution in [2.45, 2.75) is 13.8 Å². The van der Waals surface area contributed by atoms with Crippen LogP contribution in [-0.2, 0) is 13.6 Å². The highest BCUT2D eigenvalue weighted by atomic mass is 35.5. The number of carbonyl (C=O) groups excluding carboxylic acids is 1. The number of benzene rings is 1. The SMILES string of the molecule is CCOP(=O)(CC(=O)c1cc(Cl)c(F)cc1Cl)OCC. The minimum absolute atomic E-state index is 0.0160. The van der Waals surface area contributed by atoms with E-state index in [0.717, 1.165) is 12.1 Å². The van der Waals surface area contributed by atoms with Crippen LogP contribution in [-0.4, -0.2) is 25.2 Å². The summed E-state index contributed by atoms with van der Waals surface area (Å²) in [5.74, 6) is -1.31. The van der Waals surface area contributed by atoms with Gasteiger partial charge in [0, 0.05) is 5.56 Å². The van der Waals surface area contributed by atoms with Gasteiger partial charge >= 0.3 is 7.60 Å². The average Bonchev–Trinajstić information content (AvgIpc) is 2.33. The summed E-state index contributed by atoms with van der Waals surface area (Å²) in [6.45, 7) is 3.56. The van der Waals surface area contributed by atoms with Gasteiger partial charge in [0.2, 0.25) is 0 Å². The Balaban J connectivity index is 3.01. The van der Waals surface area contributed by atoms with Gasteiger partial charge < -0.3 is 9.05 Å². The van der Waals surface area contributed by atoms with Crippen molar-refractivity contribution in [2.24, 2.45) is 0 Å². The molecule has 0 saturated carbocycles. The van der Waals surface area contributed by atoms with Crippen LogP contribution in [0.1, 0.15) is 24.2 Å². The van der Waals surface area contributed by atoms with Crippen LogP contribution in [0.5, 0.6) is 0 Å². The summed E-state index contributed by atoms with van der Waals surface area (Å²) in [5.41, 5.74) is -0.0160. The van der Waals surface area contributed by atoms with Crippen LogP contribution in [0, 0.1) is 5.82 Å². The van der Waals surface area contributed by atoms with E-state index in [1.165, 1.54) is 0 Å². The number of Topliss-reactive ketones (excluding diaryl/α,β-unsaturated/α-hetero) is 1. The van der Waals surface area contributed by atoms with E-state index < -0.39 is 25.4 Å². The molecule has 112 valence electrons. The van der Waals surface area contributed by atoms with Crippen molar-refractivity contribution in [3.63, 3.8) is 0 Å². The van der Waals surface area contributed by atoms with E-state index in [1.807, 2.05) is 0 Å². The molecule has 0 N–H and O–H groups in total. The van der Waals surface area contributed by atoms with Gasteiger partial charge in [-0.25, -0.2) is 4.39 Å². The van der Waals surface area contributed by atoms with Gasteiger partial charge in [-0.3, -0.25) is 9.36 Å². The molecule has 0 aromatic heterocycles. The lowest BCUT2D eigenvalue weighted by atomic mass is 10.1. The monoisotopic (exact) mass is 342 g/mol. The normalized spacial score (nSPS) is 11.7. The van der Waals surface area contributed by atoms with Crippen molar-refractivity contribution in [2.75, 3.05) is 19.4 Å². The van der Waals surface area contributed by atoms with Crippen molar-refractivity contribution in [1.29, 1.82) is 0 Å². The minimum atomic E-state index is -3.53. The lowest BCUT2D eigenvalue weighted by Gasteiger charge is -2.16. The van der Waals surface area contributed by atoms with E-state index in [2.05, 4.69) is 0 Å². The number of hydrogen-bond acceptors (Lipinski definition) is 4. The maximum Gasteiger partial charge on any atom is 0.338 e. The van der Waals surface area contributed by atoms with E-state index in [4.69, 9.17) is 32.2 Å². The van der Waals surface area contributed by atoms with Gasteiger partial charge in [-0.05, 0) is 26.0 Å². The van der Waals surface area contributed by atoms with Crippen molar-refractivity contribution in [1.82, 2.24) is 0 Å². The molecule has 0 amide bonds. The largest absolute Gasteiger partial charge is 0.338 e. The fourth-order valence-electron chi connectivity index (χ4n) is 1.52. The van der Waals surface area contributed by atoms with Crippen LogP contribution in [0.4, 0.5) is 4.39 Å². The fraction of sp³-hybridized carbons (Fsp3) is 0.417. The van der Waals surface area contributed by atoms with Crippen LogP contribution >= 0.6 is 30.8 Å². The second kappa shape index (κ2) is 7.53. The zero-order valence-electron chi connectivity index (χ0n) is 11.0. The molecule has 0 saturated heterocycles. The molecule has 1 aromatic rings. The van der Waals surface area contributed by atoms with Crippen molar-refractivity contribution >= 4 is 36.6 Å². The van der Waals surface area contributed by atoms with Crippen LogP contribution in [0.15, 0.2) is 12.1 Å². The average molecular weight is 343 g/mol. The number of halogens is 3. The molecule has 1 aromatic carbocycles. The van der Waals surface area contributed by atoms with Gasteiger partial charge in [0.15, 0.2) is 5.78 Å². The lowest BCUT2D eigenvalue weighted by Crippen LogP contribution is -2.11. The van der Waals surface area contributed by atoms with Gasteiger partial charge in [0.1, 0.15) is 12.0 Å². The smallest absolute Gasteiger partial charge is 0.309 e. The van der Waals surface area contributed by atoms with E-state index >= 15 is 0 Å². The molecule has 0 bridgehead atoms. The fourth-order valence-corrected chi connectivity index (χ4v) is 3.50. The summed E-state index contributed by atoms with van der Waals surface area (Å²) >= 11 is 11.4. The highest BCUT2D eigenvalue weighted by Gasteiger charge is 2.29. The lowest BCUT2D eigenvalue weighted by molar-refractivity contribution is 0.100. The summed E-state index contributed by atoms with van der Waals surface area (Å²) in [7, 11) is -3.53. The van der Waals surface area contributed by atoms with Crippen LogP contribution in [0.2, 0.25) is 10.0 Å². The highest BCUT2D eigenvalue weighted by Crippen LogP contribution is 2.48. The van der Waals surface area contributed by atoms with Gasteiger partial charge in [0.25, 0.3) is 0 Å². The number of hydrogen-bond donors (Lipinski definition) is 0. The zero-order valence-corrected chi connectivity index (χ0v) is 13.4. The Kier molecular flexibility index (Phi) is 6.62. The molecule has 0 fully saturated rings. The number of carbonyl (C=O) groups is 1. The van der Waals surface area contributed by atoms with Gasteiger partial charge in [-0.1, -0.05) is 23.2 Å². The third-order valence-corrected chi connectivity index (χ3v) is 4.88. The molecule has 8 heteroatoms. The van der Waals surface area contributed by atoms with Gasteiger partial charge in [-0.15, -0.1) is 0 Å². The summed E-state index contributed by atoms with van der Waals surface area (Å²) in [4.78, 5) is 12.1. The maximum atomic E-state index is 13.2. The Morgan fingerprint density at radius 3 is 2.25 bits per heavy atom. The summed E-state index contributed by atoms with van der Waals surface area (Å²) in [6, 6.07) is 2.03. The van der Waals surface area contributed by atoms with Crippen LogP contribution in [0.25, 0.3) is 0 Å². The predicted octanol–water partition coefficient (Wildman–Crippen LogP) is 4.58. The van der Waals surface area contributed by atoms with Crippen LogP contribution in [0.3, 0.4) is 0 Å². The molecule has 20 heavy (non-hydrogen) atoms. The van der Waals surface area contributed by atoms with E-state index in [1.54, 1.807) is 13.8 Å². The first-order chi connectivity index (χ1) is 9.33. The van der Waals surface area contributed by atoms with E-state index in [0.29, 0.717) is 0 Å². The van der Waals surface area contributed by atoms with Gasteiger partial charge in [-0.2, -0.15) is 0 Å². The number of ketones is 1. The van der Waals surface area contributed by atoms with Crippen molar-refractivity contribution in [3.05, 3.63) is 33.6 Å². The quantitative estimate of drug-likeness (QED) is 0.413. The Morgan fingerprint density at radius 1 is 1.20 bits per heavy atom. The van der Waals surface area contributed by atoms with Gasteiger partial charge in [0.05, 0.1) is 23.3 Å². The van der Waals surface area contributed by atoms with E-state index in [9.17, 15) is 13.8 Å². The second-order valence-electron chi connectivity index (χ2n) is 3.77. The molecule has 0 atom stereocenters. The molecule has 0 radical (unpaired) electrons. The first-order valence-electron chi connectivity index (χ1n) is 5.88. The Bertz CT molecular complexity index is 541. The second-order valence-corrected chi connectivity index (χ2v) is 6.64. The summed E-state index contributed by atoms with van der Waals surface area (Å²) in [6.07, 6.45) is -0.476. The van der Waals surface area contributed by atoms with Crippen molar-refractivity contribution in [3.8, 4) is 0 Å². The number of rotatable bonds is 7. The maximum absolute atomic E-state index is 13.2. The van der Waals surface area contributed by atoms with Crippen LogP contribution < -0.4 is 0 Å². The van der Waals surface area contributed by atoms with E-state index in [-0.39, 0.29) is 28.8 Å². The Morgan fingerprint density at radius 2 is 1.75 bits per heavy atom. The standard InChI is InChI=1S/C12H14Cl2FO4P/c1-3-18-20(17,19-4-2)7-12(16)8-5-10(14)11(15)6-9(8)13/h5-6H,3-4,7H2,1-2H3. The molecule has 0 aliphatic heterocycles. The molecule has 0 spiro atoms. The zero-order chi connectivity index (χ0) is 15.3.